The Labute approximate surface area is 771 Å². The van der Waals surface area contributed by atoms with Crippen molar-refractivity contribution in [3.8, 4) is 6.07 Å². The molecule has 0 radical (unpaired) electrons. The number of aliphatic hydroxyl groups excluding tert-OH is 3. The first-order chi connectivity index (χ1) is 58.4. The number of rotatable bonds is 32. The lowest BCUT2D eigenvalue weighted by molar-refractivity contribution is -0.0361. The molecule has 7 rings (SSSR count). The molecule has 0 saturated carbocycles. The van der Waals surface area contributed by atoms with Crippen LogP contribution < -0.4 is 0 Å². The topological polar surface area (TPSA) is 340 Å². The Morgan fingerprint density at radius 1 is 0.548 bits per heavy atom. The van der Waals surface area contributed by atoms with Crippen LogP contribution in [0, 0.1) is 30.4 Å². The quantitative estimate of drug-likeness (QED) is 0.0244. The van der Waals surface area contributed by atoms with Gasteiger partial charge < -0.3 is 121 Å². The largest absolute Gasteiger partial charge is 0.505 e. The van der Waals surface area contributed by atoms with Gasteiger partial charge in [0.05, 0.1) is 101 Å². The number of ether oxygens (including phenoxy) is 6. The molecule has 30 atom stereocenters. The summed E-state index contributed by atoms with van der Waals surface area (Å²) in [5.41, 5.74) is 0. The van der Waals surface area contributed by atoms with Crippen LogP contribution in [0.4, 0.5) is 0 Å². The fourth-order valence-corrected chi connectivity index (χ4v) is 26.7. The molecule has 3 N–H and O–H groups in total. The van der Waals surface area contributed by atoms with E-state index in [1.54, 1.807) is 0 Å². The second-order valence-corrected chi connectivity index (χ2v) is 75.0. The van der Waals surface area contributed by atoms with Gasteiger partial charge in [0.25, 0.3) is 15.1 Å². The van der Waals surface area contributed by atoms with Crippen molar-refractivity contribution in [2.24, 2.45) is 5.92 Å². The smallest absolute Gasteiger partial charge is 0.409 e. The summed E-state index contributed by atoms with van der Waals surface area (Å²) in [6.45, 7) is 90.3. The maximum atomic E-state index is 12.3. The van der Waals surface area contributed by atoms with Crippen LogP contribution >= 0.6 is 46.9 Å². The Balaban J connectivity index is 0.000000454. The van der Waals surface area contributed by atoms with Crippen molar-refractivity contribution in [3.05, 3.63) is 22.8 Å². The van der Waals surface area contributed by atoms with Crippen molar-refractivity contribution in [1.82, 2.24) is 0 Å². The molecule has 7 heterocycles. The molecule has 126 heavy (non-hydrogen) atoms. The summed E-state index contributed by atoms with van der Waals surface area (Å²) in [5.74, 6) is 0.0684. The Morgan fingerprint density at radius 2 is 0.921 bits per heavy atom. The van der Waals surface area contributed by atoms with Gasteiger partial charge in [-0.1, -0.05) is 117 Å². The average Bonchev–Trinajstić information content (AvgIpc) is 1.62. The van der Waals surface area contributed by atoms with E-state index in [2.05, 4.69) is 216 Å². The first-order valence-electron chi connectivity index (χ1n) is 45.0. The third kappa shape index (κ3) is 34.9. The number of nitriles is 1. The van der Waals surface area contributed by atoms with Crippen LogP contribution in [0.25, 0.3) is 9.69 Å². The lowest BCUT2D eigenvalue weighted by Gasteiger charge is -2.41. The Kier molecular flexibility index (Phi) is 46.3. The van der Waals surface area contributed by atoms with Crippen LogP contribution in [-0.4, -0.2) is 317 Å². The van der Waals surface area contributed by atoms with E-state index < -0.39 is 150 Å². The summed E-state index contributed by atoms with van der Waals surface area (Å²) in [5, 5.41) is 31.8. The van der Waals surface area contributed by atoms with Crippen molar-refractivity contribution in [2.75, 3.05) is 99.7 Å². The predicted octanol–water partition coefficient (Wildman–Crippen LogP) is 19.0. The summed E-state index contributed by atoms with van der Waals surface area (Å²) >= 11 is 0. The van der Waals surface area contributed by atoms with Crippen molar-refractivity contribution < 1.29 is 131 Å². The van der Waals surface area contributed by atoms with E-state index in [0.29, 0.717) is 13.0 Å². The minimum absolute atomic E-state index is 0.0208. The highest BCUT2D eigenvalue weighted by Gasteiger charge is 2.58. The maximum Gasteiger partial charge on any atom is 0.505 e. The maximum absolute atomic E-state index is 12.3. The highest BCUT2D eigenvalue weighted by Crippen LogP contribution is 2.58. The first-order valence-corrected chi connectivity index (χ1v) is 69.0. The molecule has 7 saturated heterocycles. The second kappa shape index (κ2) is 50.1. The van der Waals surface area contributed by atoms with Gasteiger partial charge in [0.2, 0.25) is 14.5 Å². The van der Waals surface area contributed by atoms with E-state index >= 15 is 0 Å². The predicted molar refractivity (Wildman–Crippen MR) is 520 cm³/mol. The molecule has 42 heteroatoms. The van der Waals surface area contributed by atoms with Crippen LogP contribution in [0.3, 0.4) is 0 Å². The summed E-state index contributed by atoms with van der Waals surface area (Å²) < 4.78 is 181. The van der Waals surface area contributed by atoms with E-state index in [0.717, 1.165) is 0 Å². The zero-order chi connectivity index (χ0) is 98.7. The lowest BCUT2D eigenvalue weighted by atomic mass is 10.00. The minimum atomic E-state index is -3.38. The highest BCUT2D eigenvalue weighted by molar-refractivity contribution is 7.63. The van der Waals surface area contributed by atoms with E-state index in [4.69, 9.17) is 126 Å². The normalized spacial score (nSPS) is 35.0. The van der Waals surface area contributed by atoms with Crippen molar-refractivity contribution >= 4 is 107 Å². The molecule has 12 unspecified atom stereocenters. The van der Waals surface area contributed by atoms with E-state index in [1.807, 2.05) is 54.9 Å². The van der Waals surface area contributed by atoms with Gasteiger partial charge in [0, 0.05) is 27.7 Å². The van der Waals surface area contributed by atoms with Gasteiger partial charge in [-0.3, -0.25) is 0 Å². The Bertz CT molecular complexity index is 3700. The molecule has 0 bridgehead atoms. The van der Waals surface area contributed by atoms with Gasteiger partial charge in [0.1, 0.15) is 99.9 Å². The number of hydrogen-bond donors (Lipinski definition) is 3. The highest BCUT2D eigenvalue weighted by atomic mass is 31.2. The van der Waals surface area contributed by atoms with Gasteiger partial charge in [-0.15, -0.1) is 9.05 Å². The molecule has 7 aliphatic rings. The van der Waals surface area contributed by atoms with Crippen LogP contribution in [0.2, 0.25) is 90.7 Å². The molecular weight excluding hydrogens is 1830 g/mol. The van der Waals surface area contributed by atoms with Gasteiger partial charge in [0.15, 0.2) is 75.5 Å². The molecule has 0 aromatic heterocycles. The van der Waals surface area contributed by atoms with Crippen LogP contribution in [0.1, 0.15) is 167 Å². The Hall–Kier alpha value is 0.0444. The third-order valence-electron chi connectivity index (χ3n) is 25.8. The van der Waals surface area contributed by atoms with Crippen molar-refractivity contribution in [2.45, 2.75) is 397 Å². The fourth-order valence-electron chi connectivity index (χ4n) is 13.2. The molecule has 7 fully saturated rings. The first kappa shape index (κ1) is 117. The molecular formula is C84H169N3O28P6Si5+2. The molecule has 31 nitrogen and oxygen atoms in total. The summed E-state index contributed by atoms with van der Waals surface area (Å²) in [7, 11) is -23.1. The van der Waals surface area contributed by atoms with Gasteiger partial charge in [-0.05, 0) is 161 Å². The molecule has 0 amide bonds. The van der Waals surface area contributed by atoms with Crippen LogP contribution in [-0.2, 0) is 114 Å². The summed E-state index contributed by atoms with van der Waals surface area (Å²) in [6, 6.07) is 2.06. The number of aliphatic hydroxyl groups is 3. The fraction of sp³-hybridized carbons (Fsp3) is 0.929. The van der Waals surface area contributed by atoms with Crippen molar-refractivity contribution in [3.63, 3.8) is 0 Å². The number of fused-ring (bicyclic) bond motifs is 2. The molecule has 0 aliphatic carbocycles. The van der Waals surface area contributed by atoms with Crippen molar-refractivity contribution in [1.29, 1.82) is 6.69 Å². The summed E-state index contributed by atoms with van der Waals surface area (Å²) in [4.78, 5) is 6.78. The molecule has 0 aromatic rings. The lowest BCUT2D eigenvalue weighted by Crippen LogP contribution is -2.50. The summed E-state index contributed by atoms with van der Waals surface area (Å²) in [6.07, 6.45) is 4.33. The average molecular weight is 2000 g/mol. The van der Waals surface area contributed by atoms with Gasteiger partial charge >= 0.3 is 16.1 Å². The molecule has 0 aromatic carbocycles. The van der Waals surface area contributed by atoms with Crippen LogP contribution in [0.5, 0.6) is 0 Å². The van der Waals surface area contributed by atoms with E-state index in [1.165, 1.54) is 20.4 Å². The monoisotopic (exact) mass is 2000 g/mol. The van der Waals surface area contributed by atoms with E-state index in [9.17, 15) is 19.3 Å². The van der Waals surface area contributed by atoms with Gasteiger partial charge in [-0.25, -0.2) is 13.1 Å². The standard InChI is InChI=1S/C29H58NO10P2Si2.C25H47NO8P2Si.C16H32NO4PSi.C13H28O5PSi.CH4O/c1-20-24(39-43(12,13)28(3,4)5)26(37-41(10)32)23(36-20)19-34-42(11,33-17-16-30-9)38-27-22(18-31)35-21(2)25(27)40-44(14,15)29(6,7)8;1-17-18(2)30-20-15-28-35(8,9)32-24-21(16-29-36(10,33-22(17)20)27-14-13-26-7)31-19(3)23(24)34-37(11,12)25(4,5)6;1-12-14(20-22(6)18-11-9-10-17)15(13(2)19-12)21-23(7,8)16(3,4)5;1-9-11(18-20(6,7)13(2,3)4)12(17-19(5)15)10(8-14)16-9;1-2/h20-27,31H,11,16-19H2,1-8,10,12-15H3;17-24H,8,10,13-16H2,1-6,9,11-12H3;12-15H,9,11H2,1-8H3;9-12,14H,8H2,1-7H3;2H,1H3/q+1;;;+1;/t20-,21-,22+,23+,24+,25+,26?,27?,42?;17?,18-,19-,20+,21+,22+,23+,24?,35?,36?;12-,13+,14?,15-,22?;9-,10+,11+,12?;/m0010./s1/i;;1D;;2T. The minimum Gasteiger partial charge on any atom is -0.409 e. The zero-order valence-corrected chi connectivity index (χ0v) is 93.9. The second-order valence-electron chi connectivity index (χ2n) is 41.2. The molecule has 736 valence electrons. The van der Waals surface area contributed by atoms with Crippen LogP contribution in [0.15, 0.2) is 0 Å². The van der Waals surface area contributed by atoms with E-state index in [-0.39, 0.29) is 177 Å². The number of hydrogen-bond acceptors (Lipinski definition) is 29. The number of nitrogens with zero attached hydrogens (tertiary/aromatic N) is 3. The van der Waals surface area contributed by atoms with Gasteiger partial charge in [-0.2, -0.15) is 5.26 Å². The molecule has 0 spiro atoms. The SMILES string of the molecule is C[C@@H]1O[C@H](CO)C(O[P+](C)=O)[C@@H]1O[Si](C)(C)C(C)(C)C.[2H]C[C@H]1O[C@@H](C)[C@@H](O[Si](C)(C)C(C)(C)C)C1OP(C)OCCC#N.[3H]OC.[C-]#[N+]CCOP(=C)(OC[C@H]1O[C@@H](C)[C@@H](O[Si](C)(C)C(C)(C)C)C1O[P+](C)=O)OC1[C@@H](CO)O[C@@H](C)[C@H]1O[Si](C)(C)C(C)(C)C.[C-]#[N+]CCOP1(=C)OC[C@H]2O[C@@H](C)[C@@H](O[Si](C)(C)C(C)(C)C)C2OP(=C)(C)OC[C@H]2O[C@@H](C)C(C)[C@H]2O1. The Morgan fingerprint density at radius 3 is 1.34 bits per heavy atom. The third-order valence-corrected chi connectivity index (χ3v) is 55.1. The zero-order valence-electron chi connectivity index (χ0n) is 85.5. The molecule has 7 aliphatic heterocycles.